The Morgan fingerprint density at radius 1 is 1.22 bits per heavy atom. The number of nitriles is 1. The number of anilines is 1. The lowest BCUT2D eigenvalue weighted by Gasteiger charge is -2.15. The first kappa shape index (κ1) is 26.4. The Hall–Kier alpha value is -4.23. The Balaban J connectivity index is 1.89. The van der Waals surface area contributed by atoms with E-state index in [2.05, 4.69) is 21.2 Å². The van der Waals surface area contributed by atoms with E-state index < -0.39 is 16.6 Å². The molecule has 3 rings (SSSR count). The van der Waals surface area contributed by atoms with Gasteiger partial charge in [-0.05, 0) is 71.2 Å². The van der Waals surface area contributed by atoms with E-state index in [0.29, 0.717) is 39.3 Å². The molecule has 0 unspecified atom stereocenters. The van der Waals surface area contributed by atoms with E-state index in [4.69, 9.17) is 9.47 Å². The number of hydrogen-bond donors (Lipinski definition) is 1. The van der Waals surface area contributed by atoms with Gasteiger partial charge in [-0.2, -0.15) is 5.26 Å². The van der Waals surface area contributed by atoms with Gasteiger partial charge in [-0.3, -0.25) is 14.9 Å². The van der Waals surface area contributed by atoms with Crippen LogP contribution >= 0.6 is 15.9 Å². The van der Waals surface area contributed by atoms with Crippen LogP contribution in [-0.2, 0) is 11.4 Å². The largest absolute Gasteiger partial charge is 0.490 e. The van der Waals surface area contributed by atoms with Crippen LogP contribution in [0.2, 0.25) is 0 Å². The first-order valence-corrected chi connectivity index (χ1v) is 11.5. The minimum atomic E-state index is -0.807. The molecule has 0 aliphatic rings. The van der Waals surface area contributed by atoms with Gasteiger partial charge in [0.1, 0.15) is 29.8 Å². The van der Waals surface area contributed by atoms with Crippen LogP contribution in [0.15, 0.2) is 64.6 Å². The number of nitro groups is 1. The molecule has 0 aromatic heterocycles. The SMILES string of the molecule is CCOc1cc(/C=C(\C#N)C(=O)Nc2ccc(C)cc2[N+](=O)[O-])cc(Br)c1OCc1ccccc1F. The van der Waals surface area contributed by atoms with Crippen molar-refractivity contribution in [2.24, 2.45) is 0 Å². The summed E-state index contributed by atoms with van der Waals surface area (Å²) in [6.07, 6.45) is 1.32. The molecule has 0 radical (unpaired) electrons. The van der Waals surface area contributed by atoms with E-state index >= 15 is 0 Å². The summed E-state index contributed by atoms with van der Waals surface area (Å²) in [5.41, 5.74) is 0.877. The van der Waals surface area contributed by atoms with Crippen molar-refractivity contribution in [3.63, 3.8) is 0 Å². The predicted octanol–water partition coefficient (Wildman–Crippen LogP) is 6.33. The Labute approximate surface area is 215 Å². The summed E-state index contributed by atoms with van der Waals surface area (Å²) in [7, 11) is 0. The van der Waals surface area contributed by atoms with E-state index in [1.807, 2.05) is 6.07 Å². The number of nitrogens with zero attached hydrogens (tertiary/aromatic N) is 2. The van der Waals surface area contributed by atoms with E-state index in [1.165, 1.54) is 24.3 Å². The number of carbonyl (C=O) groups excluding carboxylic acids is 1. The van der Waals surface area contributed by atoms with Gasteiger partial charge in [-0.1, -0.05) is 24.3 Å². The third-order valence-corrected chi connectivity index (χ3v) is 5.52. The summed E-state index contributed by atoms with van der Waals surface area (Å²) in [6, 6.07) is 15.6. The Morgan fingerprint density at radius 2 is 1.97 bits per heavy atom. The molecule has 0 heterocycles. The second-order valence-corrected chi connectivity index (χ2v) is 8.40. The van der Waals surface area contributed by atoms with Crippen molar-refractivity contribution < 1.29 is 23.6 Å². The Kier molecular flexibility index (Phi) is 8.76. The highest BCUT2D eigenvalue weighted by Gasteiger charge is 2.19. The van der Waals surface area contributed by atoms with Crippen LogP contribution < -0.4 is 14.8 Å². The van der Waals surface area contributed by atoms with E-state index in [0.717, 1.165) is 0 Å². The number of ether oxygens (including phenoxy) is 2. The quantitative estimate of drug-likeness (QED) is 0.143. The molecule has 1 amide bonds. The summed E-state index contributed by atoms with van der Waals surface area (Å²) in [5, 5.41) is 23.3. The molecule has 1 N–H and O–H groups in total. The number of nitro benzene ring substituents is 1. The number of halogens is 2. The van der Waals surface area contributed by atoms with Gasteiger partial charge in [0.25, 0.3) is 11.6 Å². The average molecular weight is 554 g/mol. The smallest absolute Gasteiger partial charge is 0.293 e. The van der Waals surface area contributed by atoms with E-state index in [-0.39, 0.29) is 23.6 Å². The lowest BCUT2D eigenvalue weighted by Crippen LogP contribution is -2.14. The van der Waals surface area contributed by atoms with Crippen molar-refractivity contribution in [1.82, 2.24) is 0 Å². The minimum Gasteiger partial charge on any atom is -0.490 e. The minimum absolute atomic E-state index is 0.0233. The fraction of sp³-hybridized carbons (Fsp3) is 0.154. The number of aryl methyl sites for hydroxylation is 1. The molecule has 0 saturated heterocycles. The maximum Gasteiger partial charge on any atom is 0.293 e. The zero-order valence-corrected chi connectivity index (χ0v) is 21.0. The van der Waals surface area contributed by atoms with Crippen molar-refractivity contribution >= 4 is 39.3 Å². The summed E-state index contributed by atoms with van der Waals surface area (Å²) in [5.74, 6) is -0.556. The highest BCUT2D eigenvalue weighted by molar-refractivity contribution is 9.10. The number of amides is 1. The van der Waals surface area contributed by atoms with Crippen LogP contribution in [-0.4, -0.2) is 17.4 Å². The van der Waals surface area contributed by atoms with Crippen LogP contribution in [0.1, 0.15) is 23.6 Å². The van der Waals surface area contributed by atoms with Crippen LogP contribution in [0.4, 0.5) is 15.8 Å². The Bertz CT molecular complexity index is 1380. The molecular formula is C26H21BrFN3O5. The summed E-state index contributed by atoms with van der Waals surface area (Å²) < 4.78 is 25.9. The van der Waals surface area contributed by atoms with Gasteiger partial charge in [0, 0.05) is 11.6 Å². The molecule has 184 valence electrons. The van der Waals surface area contributed by atoms with Crippen molar-refractivity contribution in [3.8, 4) is 17.6 Å². The molecule has 0 bridgehead atoms. The molecule has 0 spiro atoms. The summed E-state index contributed by atoms with van der Waals surface area (Å²) >= 11 is 3.41. The lowest BCUT2D eigenvalue weighted by molar-refractivity contribution is -0.384. The van der Waals surface area contributed by atoms with Gasteiger partial charge in [0.2, 0.25) is 0 Å². The number of nitrogens with one attached hydrogen (secondary N) is 1. The van der Waals surface area contributed by atoms with E-state index in [1.54, 1.807) is 50.2 Å². The number of benzene rings is 3. The Morgan fingerprint density at radius 3 is 2.64 bits per heavy atom. The molecule has 3 aromatic rings. The molecule has 0 atom stereocenters. The van der Waals surface area contributed by atoms with Gasteiger partial charge >= 0.3 is 0 Å². The molecule has 36 heavy (non-hydrogen) atoms. The highest BCUT2D eigenvalue weighted by atomic mass is 79.9. The van der Waals surface area contributed by atoms with Gasteiger partial charge in [0.05, 0.1) is 16.0 Å². The molecule has 10 heteroatoms. The van der Waals surface area contributed by atoms with Gasteiger partial charge in [-0.25, -0.2) is 4.39 Å². The van der Waals surface area contributed by atoms with Crippen LogP contribution in [0.25, 0.3) is 6.08 Å². The maximum absolute atomic E-state index is 14.0. The first-order chi connectivity index (χ1) is 17.2. The van der Waals surface area contributed by atoms with E-state index in [9.17, 15) is 24.6 Å². The van der Waals surface area contributed by atoms with Crippen LogP contribution in [0.3, 0.4) is 0 Å². The molecule has 0 aliphatic heterocycles. The van der Waals surface area contributed by atoms with Crippen molar-refractivity contribution in [3.05, 3.63) is 97.3 Å². The number of hydrogen-bond acceptors (Lipinski definition) is 6. The number of carbonyl (C=O) groups is 1. The molecule has 0 aliphatic carbocycles. The van der Waals surface area contributed by atoms with Gasteiger partial charge in [-0.15, -0.1) is 0 Å². The summed E-state index contributed by atoms with van der Waals surface area (Å²) in [4.78, 5) is 23.5. The molecule has 8 nitrogen and oxygen atoms in total. The second-order valence-electron chi connectivity index (χ2n) is 7.54. The number of rotatable bonds is 9. The van der Waals surface area contributed by atoms with Crippen LogP contribution in [0.5, 0.6) is 11.5 Å². The third kappa shape index (κ3) is 6.46. The molecule has 3 aromatic carbocycles. The van der Waals surface area contributed by atoms with Gasteiger partial charge < -0.3 is 14.8 Å². The predicted molar refractivity (Wildman–Crippen MR) is 136 cm³/mol. The summed E-state index contributed by atoms with van der Waals surface area (Å²) in [6.45, 7) is 3.73. The van der Waals surface area contributed by atoms with Crippen molar-refractivity contribution in [1.29, 1.82) is 5.26 Å². The maximum atomic E-state index is 14.0. The standard InChI is InChI=1S/C26H21BrFN3O5/c1-3-35-24-13-17(12-20(27)25(24)36-15-18-6-4-5-7-21(18)28)11-19(14-29)26(32)30-22-9-8-16(2)10-23(22)31(33)34/h4-13H,3,15H2,1-2H3,(H,30,32)/b19-11+. The topological polar surface area (TPSA) is 114 Å². The lowest BCUT2D eigenvalue weighted by atomic mass is 10.1. The normalized spacial score (nSPS) is 10.9. The third-order valence-electron chi connectivity index (χ3n) is 4.94. The highest BCUT2D eigenvalue weighted by Crippen LogP contribution is 2.38. The fourth-order valence-electron chi connectivity index (χ4n) is 3.24. The fourth-order valence-corrected chi connectivity index (χ4v) is 3.82. The monoisotopic (exact) mass is 553 g/mol. The average Bonchev–Trinajstić information content (AvgIpc) is 2.84. The first-order valence-electron chi connectivity index (χ1n) is 10.7. The zero-order valence-electron chi connectivity index (χ0n) is 19.4. The van der Waals surface area contributed by atoms with Gasteiger partial charge in [0.15, 0.2) is 11.5 Å². The second kappa shape index (κ2) is 12.0. The molecule has 0 fully saturated rings. The molecule has 0 saturated carbocycles. The van der Waals surface area contributed by atoms with Crippen molar-refractivity contribution in [2.45, 2.75) is 20.5 Å². The van der Waals surface area contributed by atoms with Crippen LogP contribution in [0, 0.1) is 34.2 Å². The zero-order chi connectivity index (χ0) is 26.2. The molecular weight excluding hydrogens is 533 g/mol. The van der Waals surface area contributed by atoms with Crippen molar-refractivity contribution in [2.75, 3.05) is 11.9 Å².